The number of halogens is 2. The molecule has 2 rings (SSSR count). The van der Waals surface area contributed by atoms with E-state index in [4.69, 9.17) is 5.84 Å². The zero-order valence-electron chi connectivity index (χ0n) is 9.03. The minimum Gasteiger partial charge on any atom is -0.271 e. The van der Waals surface area contributed by atoms with E-state index in [0.29, 0.717) is 0 Å². The summed E-state index contributed by atoms with van der Waals surface area (Å²) in [4.78, 5) is 0. The number of hydrogen-bond donors (Lipinski definition) is 2. The summed E-state index contributed by atoms with van der Waals surface area (Å²) in [5.41, 5.74) is 4.49. The average Bonchev–Trinajstić information content (AvgIpc) is 2.33. The maximum atomic E-state index is 13.2. The van der Waals surface area contributed by atoms with Crippen LogP contribution in [0.25, 0.3) is 0 Å². The second kappa shape index (κ2) is 5.40. The Hall–Kier alpha value is -1.23. The lowest BCUT2D eigenvalue weighted by Gasteiger charge is -2.17. The Bertz CT molecular complexity index is 499. The van der Waals surface area contributed by atoms with E-state index in [1.807, 2.05) is 30.3 Å². The molecule has 0 aliphatic rings. The van der Waals surface area contributed by atoms with Crippen molar-refractivity contribution >= 4 is 15.9 Å². The smallest absolute Gasteiger partial charge is 0.123 e. The van der Waals surface area contributed by atoms with Crippen LogP contribution in [0.3, 0.4) is 0 Å². The molecule has 2 nitrogen and oxygen atoms in total. The molecule has 1 atom stereocenters. The van der Waals surface area contributed by atoms with Crippen LogP contribution in [0.2, 0.25) is 0 Å². The Morgan fingerprint density at radius 1 is 1.06 bits per heavy atom. The molecule has 2 aromatic rings. The van der Waals surface area contributed by atoms with E-state index >= 15 is 0 Å². The van der Waals surface area contributed by atoms with Crippen LogP contribution in [0.4, 0.5) is 4.39 Å². The summed E-state index contributed by atoms with van der Waals surface area (Å²) in [6.45, 7) is 0. The van der Waals surface area contributed by atoms with E-state index in [1.54, 1.807) is 6.07 Å². The van der Waals surface area contributed by atoms with Gasteiger partial charge < -0.3 is 0 Å². The van der Waals surface area contributed by atoms with Crippen molar-refractivity contribution in [2.24, 2.45) is 5.84 Å². The number of benzene rings is 2. The van der Waals surface area contributed by atoms with Crippen LogP contribution in [0.5, 0.6) is 0 Å². The molecule has 0 bridgehead atoms. The zero-order chi connectivity index (χ0) is 12.3. The van der Waals surface area contributed by atoms with E-state index in [1.165, 1.54) is 12.1 Å². The van der Waals surface area contributed by atoms with Crippen LogP contribution in [-0.2, 0) is 0 Å². The van der Waals surface area contributed by atoms with Crippen LogP contribution < -0.4 is 11.3 Å². The lowest BCUT2D eigenvalue weighted by atomic mass is 9.99. The van der Waals surface area contributed by atoms with E-state index in [-0.39, 0.29) is 11.9 Å². The minimum atomic E-state index is -0.264. The van der Waals surface area contributed by atoms with Crippen molar-refractivity contribution in [3.05, 3.63) is 69.9 Å². The Kier molecular flexibility index (Phi) is 3.89. The van der Waals surface area contributed by atoms with Gasteiger partial charge in [-0.05, 0) is 35.4 Å². The molecule has 0 saturated heterocycles. The molecule has 2 aromatic carbocycles. The SMILES string of the molecule is NNC(c1ccc(Br)cc1)c1cccc(F)c1. The van der Waals surface area contributed by atoms with Gasteiger partial charge in [-0.1, -0.05) is 40.2 Å². The van der Waals surface area contributed by atoms with Gasteiger partial charge in [0, 0.05) is 4.47 Å². The summed E-state index contributed by atoms with van der Waals surface area (Å²) in [6, 6.07) is 13.9. The molecule has 0 aliphatic carbocycles. The first kappa shape index (κ1) is 12.2. The highest BCUT2D eigenvalue weighted by Crippen LogP contribution is 2.23. The summed E-state index contributed by atoms with van der Waals surface area (Å²) in [7, 11) is 0. The number of rotatable bonds is 3. The molecule has 0 aliphatic heterocycles. The fourth-order valence-electron chi connectivity index (χ4n) is 1.73. The van der Waals surface area contributed by atoms with E-state index < -0.39 is 0 Å². The molecular weight excluding hydrogens is 283 g/mol. The predicted molar refractivity (Wildman–Crippen MR) is 69.7 cm³/mol. The predicted octanol–water partition coefficient (Wildman–Crippen LogP) is 3.14. The van der Waals surface area contributed by atoms with Gasteiger partial charge in [-0.15, -0.1) is 0 Å². The zero-order valence-corrected chi connectivity index (χ0v) is 10.6. The number of nitrogens with one attached hydrogen (secondary N) is 1. The Labute approximate surface area is 108 Å². The van der Waals surface area contributed by atoms with E-state index in [2.05, 4.69) is 21.4 Å². The number of hydrogen-bond acceptors (Lipinski definition) is 2. The lowest BCUT2D eigenvalue weighted by molar-refractivity contribution is 0.605. The second-order valence-corrected chi connectivity index (χ2v) is 4.62. The molecule has 0 spiro atoms. The molecule has 0 amide bonds. The minimum absolute atomic E-state index is 0.209. The third-order valence-corrected chi connectivity index (χ3v) is 3.08. The molecule has 0 fully saturated rings. The summed E-state index contributed by atoms with van der Waals surface area (Å²) in [5.74, 6) is 5.28. The molecule has 0 aromatic heterocycles. The highest BCUT2D eigenvalue weighted by atomic mass is 79.9. The molecule has 0 heterocycles. The standard InChI is InChI=1S/C13H12BrFN2/c14-11-6-4-9(5-7-11)13(17-16)10-2-1-3-12(15)8-10/h1-8,13,17H,16H2. The van der Waals surface area contributed by atoms with Crippen LogP contribution in [0, 0.1) is 5.82 Å². The van der Waals surface area contributed by atoms with Crippen molar-refractivity contribution in [3.63, 3.8) is 0 Å². The highest BCUT2D eigenvalue weighted by molar-refractivity contribution is 9.10. The Morgan fingerprint density at radius 3 is 2.35 bits per heavy atom. The summed E-state index contributed by atoms with van der Waals surface area (Å²) < 4.78 is 14.2. The quantitative estimate of drug-likeness (QED) is 0.674. The van der Waals surface area contributed by atoms with Gasteiger partial charge in [-0.3, -0.25) is 5.84 Å². The largest absolute Gasteiger partial charge is 0.271 e. The normalized spacial score (nSPS) is 12.4. The van der Waals surface area contributed by atoms with Gasteiger partial charge in [0.2, 0.25) is 0 Å². The first-order valence-corrected chi connectivity index (χ1v) is 5.97. The van der Waals surface area contributed by atoms with E-state index in [9.17, 15) is 4.39 Å². The summed E-state index contributed by atoms with van der Waals surface area (Å²) >= 11 is 3.37. The Morgan fingerprint density at radius 2 is 1.76 bits per heavy atom. The first-order chi connectivity index (χ1) is 8.20. The molecule has 1 unspecified atom stereocenters. The van der Waals surface area contributed by atoms with Crippen molar-refractivity contribution < 1.29 is 4.39 Å². The van der Waals surface area contributed by atoms with Crippen molar-refractivity contribution in [2.45, 2.75) is 6.04 Å². The van der Waals surface area contributed by atoms with Crippen LogP contribution in [-0.4, -0.2) is 0 Å². The van der Waals surface area contributed by atoms with Gasteiger partial charge in [0.1, 0.15) is 5.82 Å². The maximum absolute atomic E-state index is 13.2. The highest BCUT2D eigenvalue weighted by Gasteiger charge is 2.12. The first-order valence-electron chi connectivity index (χ1n) is 5.18. The number of nitrogens with two attached hydrogens (primary N) is 1. The van der Waals surface area contributed by atoms with Crippen LogP contribution in [0.15, 0.2) is 53.0 Å². The molecule has 3 N–H and O–H groups in total. The topological polar surface area (TPSA) is 38.0 Å². The van der Waals surface area contributed by atoms with E-state index in [0.717, 1.165) is 15.6 Å². The lowest BCUT2D eigenvalue weighted by Crippen LogP contribution is -2.28. The maximum Gasteiger partial charge on any atom is 0.123 e. The molecule has 17 heavy (non-hydrogen) atoms. The van der Waals surface area contributed by atoms with Gasteiger partial charge in [0.25, 0.3) is 0 Å². The fraction of sp³-hybridized carbons (Fsp3) is 0.0769. The van der Waals surface area contributed by atoms with Gasteiger partial charge in [-0.2, -0.15) is 0 Å². The van der Waals surface area contributed by atoms with Crippen LogP contribution >= 0.6 is 15.9 Å². The van der Waals surface area contributed by atoms with Gasteiger partial charge >= 0.3 is 0 Å². The Balaban J connectivity index is 2.36. The van der Waals surface area contributed by atoms with Crippen molar-refractivity contribution in [1.82, 2.24) is 5.43 Å². The van der Waals surface area contributed by atoms with Crippen molar-refractivity contribution in [1.29, 1.82) is 0 Å². The second-order valence-electron chi connectivity index (χ2n) is 3.71. The molecule has 0 saturated carbocycles. The van der Waals surface area contributed by atoms with Crippen molar-refractivity contribution in [3.8, 4) is 0 Å². The molecule has 88 valence electrons. The molecule has 4 heteroatoms. The summed E-state index contributed by atoms with van der Waals surface area (Å²) in [5, 5.41) is 0. The monoisotopic (exact) mass is 294 g/mol. The summed E-state index contributed by atoms with van der Waals surface area (Å²) in [6.07, 6.45) is 0. The van der Waals surface area contributed by atoms with Crippen LogP contribution in [0.1, 0.15) is 17.2 Å². The third-order valence-electron chi connectivity index (χ3n) is 2.55. The van der Waals surface area contributed by atoms with Crippen molar-refractivity contribution in [2.75, 3.05) is 0 Å². The van der Waals surface area contributed by atoms with Gasteiger partial charge in [0.05, 0.1) is 6.04 Å². The van der Waals surface area contributed by atoms with Gasteiger partial charge in [-0.25, -0.2) is 9.82 Å². The fourth-order valence-corrected chi connectivity index (χ4v) is 1.99. The molecule has 0 radical (unpaired) electrons. The van der Waals surface area contributed by atoms with Gasteiger partial charge in [0.15, 0.2) is 0 Å². The third kappa shape index (κ3) is 2.91. The number of hydrazine groups is 1. The average molecular weight is 295 g/mol. The molecular formula is C13H12BrFN2.